The molecule has 14 atom stereocenters. The highest BCUT2D eigenvalue weighted by Gasteiger charge is 2.49. The number of thiazole rings is 1. The van der Waals surface area contributed by atoms with Crippen LogP contribution in [0.4, 0.5) is 10.5 Å². The maximum absolute atomic E-state index is 15.1. The lowest BCUT2D eigenvalue weighted by atomic mass is 9.92. The van der Waals surface area contributed by atoms with Crippen LogP contribution in [0, 0.1) is 17.8 Å². The third-order valence-corrected chi connectivity index (χ3v) is 18.2. The van der Waals surface area contributed by atoms with E-state index < -0.39 is 139 Å². The molecule has 2 fully saturated rings. The molecule has 2 saturated heterocycles. The van der Waals surface area contributed by atoms with Gasteiger partial charge in [-0.3, -0.25) is 43.3 Å². The molecule has 4 heterocycles. The van der Waals surface area contributed by atoms with Crippen molar-refractivity contribution in [1.29, 1.82) is 0 Å². The first-order chi connectivity index (χ1) is 44.7. The van der Waals surface area contributed by atoms with Gasteiger partial charge < -0.3 is 80.4 Å². The summed E-state index contributed by atoms with van der Waals surface area (Å²) in [6.07, 6.45) is -6.78. The first-order valence-electron chi connectivity index (χ1n) is 32.1. The Morgan fingerprint density at radius 1 is 0.874 bits per heavy atom. The number of carboxylic acid groups (broad SMARTS) is 2. The summed E-state index contributed by atoms with van der Waals surface area (Å²) in [5, 5.41) is 67.4. The van der Waals surface area contributed by atoms with Crippen molar-refractivity contribution in [3.8, 4) is 5.75 Å². The number of ether oxygens (including phenoxy) is 4. The number of carboxylic acids is 2. The molecular weight excluding hydrogens is 1250 g/mol. The predicted molar refractivity (Wildman–Crippen MR) is 346 cm³/mol. The number of aliphatic carboxylic acids is 2. The summed E-state index contributed by atoms with van der Waals surface area (Å²) in [5.74, 6) is -8.43. The van der Waals surface area contributed by atoms with Gasteiger partial charge in [0.05, 0.1) is 31.7 Å². The molecule has 29 heteroatoms. The molecule has 6 rings (SSSR count). The number of alkyl carbamates (subject to hydrolysis) is 1. The number of likely N-dealkylation sites (N-methyl/N-ethyl adjacent to an activating group) is 2. The Morgan fingerprint density at radius 2 is 1.56 bits per heavy atom. The van der Waals surface area contributed by atoms with Crippen molar-refractivity contribution in [2.75, 3.05) is 45.7 Å². The molecule has 0 saturated carbocycles. The van der Waals surface area contributed by atoms with Crippen LogP contribution in [0.2, 0.25) is 0 Å². The topological polar surface area (TPSA) is 388 Å². The van der Waals surface area contributed by atoms with Crippen molar-refractivity contribution in [3.05, 3.63) is 87.9 Å². The second-order valence-electron chi connectivity index (χ2n) is 26.1. The van der Waals surface area contributed by atoms with E-state index in [1.807, 2.05) is 72.0 Å². The van der Waals surface area contributed by atoms with Gasteiger partial charge in [0, 0.05) is 74.6 Å². The largest absolute Gasteiger partial charge is 0.481 e. The van der Waals surface area contributed by atoms with Gasteiger partial charge in [-0.15, -0.1) is 11.3 Å². The number of aromatic nitrogens is 1. The molecule has 0 spiro atoms. The Balaban J connectivity index is 1.20. The number of hydrogen-bond acceptors (Lipinski definition) is 19. The van der Waals surface area contributed by atoms with E-state index in [1.54, 1.807) is 51.1 Å². The zero-order chi connectivity index (χ0) is 70.2. The highest BCUT2D eigenvalue weighted by Crippen LogP contribution is 2.36. The van der Waals surface area contributed by atoms with Crippen molar-refractivity contribution >= 4 is 76.4 Å². The van der Waals surface area contributed by atoms with Crippen molar-refractivity contribution in [2.24, 2.45) is 17.8 Å². The number of imide groups is 1. The van der Waals surface area contributed by atoms with Gasteiger partial charge in [0.25, 0.3) is 23.6 Å². The number of carbonyl (C=O) groups excluding carboxylic acids is 8. The third kappa shape index (κ3) is 20.8. The number of benzene rings is 2. The summed E-state index contributed by atoms with van der Waals surface area (Å²) in [4.78, 5) is 140. The number of aliphatic hydroxyl groups excluding tert-OH is 3. The van der Waals surface area contributed by atoms with E-state index in [2.05, 4.69) is 26.6 Å². The van der Waals surface area contributed by atoms with E-state index >= 15 is 4.79 Å². The molecule has 10 N–H and O–H groups in total. The molecule has 0 bridgehead atoms. The van der Waals surface area contributed by atoms with Crippen LogP contribution < -0.4 is 31.3 Å². The minimum atomic E-state index is -2.04. The first-order valence-corrected chi connectivity index (χ1v) is 33.0. The summed E-state index contributed by atoms with van der Waals surface area (Å²) >= 11 is 1.24. The van der Waals surface area contributed by atoms with Gasteiger partial charge in [0.1, 0.15) is 65.1 Å². The highest BCUT2D eigenvalue weighted by molar-refractivity contribution is 7.09. The smallest absolute Gasteiger partial charge is 0.407 e. The lowest BCUT2D eigenvalue weighted by molar-refractivity contribution is -0.942. The number of rotatable bonds is 32. The number of quaternary nitrogens is 1. The van der Waals surface area contributed by atoms with E-state index in [-0.39, 0.29) is 64.8 Å². The maximum atomic E-state index is 15.1. The lowest BCUT2D eigenvalue weighted by Crippen LogP contribution is -2.63. The summed E-state index contributed by atoms with van der Waals surface area (Å²) < 4.78 is 23.0. The number of aliphatic hydroxyl groups is 3. The molecular formula is C66H94N9O19S+. The fraction of sp³-hybridized carbons (Fsp3) is 0.591. The van der Waals surface area contributed by atoms with Crippen LogP contribution in [-0.2, 0) is 65.5 Å². The number of likely N-dealkylation sites (tertiary alicyclic amines) is 1. The monoisotopic (exact) mass is 1350 g/mol. The summed E-state index contributed by atoms with van der Waals surface area (Å²) in [6, 6.07) is 9.84. The molecule has 3 aliphatic heterocycles. The van der Waals surface area contributed by atoms with E-state index in [1.165, 1.54) is 23.5 Å². The molecule has 0 radical (unpaired) electrons. The number of hydrogen-bond donors (Lipinski definition) is 10. The van der Waals surface area contributed by atoms with E-state index in [9.17, 15) is 68.7 Å². The Labute approximate surface area is 557 Å². The Bertz CT molecular complexity index is 3220. The van der Waals surface area contributed by atoms with Gasteiger partial charge in [-0.25, -0.2) is 14.6 Å². The van der Waals surface area contributed by atoms with Crippen LogP contribution in [-0.4, -0.2) is 211 Å². The standard InChI is InChI=1S/C66H93N9O19S/c1-12-37(5)52(61(85)73(10)44(36(3)4)32-48(91-13-2)60-71-43(35-95-60)57(82)69-41(29-38(6)62(86)87)30-39-19-15-14-16-20-39)72-59(84)46-21-17-18-28-75(46,11)34-40-22-23-47(92-64-55(81)53(79)54(80)56(93-64)63(88)89)42(31-40)70-49(76)26-27-67-58(83)45(74-50(77)24-25-51(74)78)33-68-65(90)94-66(7,8)9/h14-16,19-20,22-25,31,35-38,41,44-46,48,52-56,64,79-81H,12-13,17-18,21,26-30,32-34H2,1-11H3,(H6-,67,68,69,70,72,76,82,83,84,86,87,88,89,90)/p+1/t37-,38-,41+,44+,45?,46+,48+,52-,53-,54-,55+,56-,64+,75?/m0/s1. The fourth-order valence-electron chi connectivity index (χ4n) is 11.9. The Kier molecular flexibility index (Phi) is 27.3. The number of nitrogens with one attached hydrogen (secondary N) is 5. The number of anilines is 1. The van der Waals surface area contributed by atoms with Crippen molar-refractivity contribution in [2.45, 2.75) is 193 Å². The van der Waals surface area contributed by atoms with Crippen LogP contribution in [0.15, 0.2) is 66.1 Å². The molecule has 2 aromatic carbocycles. The summed E-state index contributed by atoms with van der Waals surface area (Å²) in [7, 11) is 3.60. The van der Waals surface area contributed by atoms with E-state index in [0.717, 1.165) is 24.1 Å². The van der Waals surface area contributed by atoms with Crippen LogP contribution >= 0.6 is 11.3 Å². The van der Waals surface area contributed by atoms with E-state index in [4.69, 9.17) is 23.9 Å². The number of nitrogens with zero attached hydrogens (tertiary/aromatic N) is 4. The third-order valence-electron chi connectivity index (χ3n) is 17.3. The SMILES string of the molecule is CCO[C@H](C[C@H](C(C)C)N(C)C(=O)[C@@H](NC(=O)[C@H]1CCCC[N+]1(C)Cc1ccc(O[C@@H]2O[C@H](C(=O)O)[C@@H](O)[C@H](O)[C@H]2O)c(NC(=O)CCNC(=O)C(CNC(=O)OC(C)(C)C)N2C(=O)C=CC2=O)c1)[C@@H](C)CC)c1nc(C(=O)N[C@@H](Cc2ccccc2)C[C@H](C)C(=O)O)cs1. The molecule has 522 valence electrons. The predicted octanol–water partition coefficient (Wildman–Crippen LogP) is 3.81. The van der Waals surface area contributed by atoms with Gasteiger partial charge >= 0.3 is 18.0 Å². The van der Waals surface area contributed by atoms with Gasteiger partial charge in [0.15, 0.2) is 12.1 Å². The average molecular weight is 1350 g/mol. The Hall–Kier alpha value is -7.93. The summed E-state index contributed by atoms with van der Waals surface area (Å²) in [6.45, 7) is 16.1. The van der Waals surface area contributed by atoms with Crippen LogP contribution in [0.25, 0.3) is 0 Å². The molecule has 3 aromatic rings. The highest BCUT2D eigenvalue weighted by atomic mass is 32.1. The zero-order valence-electron chi connectivity index (χ0n) is 55.8. The number of carbonyl (C=O) groups is 10. The van der Waals surface area contributed by atoms with Gasteiger partial charge in [-0.2, -0.15) is 0 Å². The minimum absolute atomic E-state index is 0.0598. The van der Waals surface area contributed by atoms with Crippen LogP contribution in [0.1, 0.15) is 140 Å². The number of amides is 8. The lowest BCUT2D eigenvalue weighted by Gasteiger charge is -2.44. The average Bonchev–Trinajstić information content (AvgIpc) is 1.26. The molecule has 0 aliphatic carbocycles. The summed E-state index contributed by atoms with van der Waals surface area (Å²) in [5.41, 5.74) is 0.649. The molecule has 8 amide bonds. The van der Waals surface area contributed by atoms with Crippen molar-refractivity contribution in [3.63, 3.8) is 0 Å². The quantitative estimate of drug-likeness (QED) is 0.0314. The van der Waals surface area contributed by atoms with Gasteiger partial charge in [-0.05, 0) is 89.0 Å². The normalized spacial score (nSPS) is 22.7. The van der Waals surface area contributed by atoms with Gasteiger partial charge in [-0.1, -0.05) is 71.4 Å². The molecule has 1 aromatic heterocycles. The molecule has 28 nitrogen and oxygen atoms in total. The second kappa shape index (κ2) is 34.1. The first kappa shape index (κ1) is 76.1. The number of piperidine rings is 1. The molecule has 3 aliphatic rings. The molecule has 95 heavy (non-hydrogen) atoms. The van der Waals surface area contributed by atoms with E-state index in [0.29, 0.717) is 60.7 Å². The zero-order valence-corrected chi connectivity index (χ0v) is 56.6. The minimum Gasteiger partial charge on any atom is -0.481 e. The molecule has 2 unspecified atom stereocenters. The van der Waals surface area contributed by atoms with Crippen molar-refractivity contribution in [1.82, 2.24) is 36.1 Å². The fourth-order valence-corrected chi connectivity index (χ4v) is 12.7. The van der Waals surface area contributed by atoms with Crippen LogP contribution in [0.3, 0.4) is 0 Å². The van der Waals surface area contributed by atoms with Crippen LogP contribution in [0.5, 0.6) is 5.75 Å². The maximum Gasteiger partial charge on any atom is 0.407 e. The Morgan fingerprint density at radius 3 is 2.18 bits per heavy atom. The second-order valence-corrected chi connectivity index (χ2v) is 27.0. The van der Waals surface area contributed by atoms with Gasteiger partial charge in [0.2, 0.25) is 24.0 Å². The van der Waals surface area contributed by atoms with Crippen molar-refractivity contribution < 1.29 is 96.9 Å².